The molecule has 0 saturated carbocycles. The number of nitrogens with zero attached hydrogens (tertiary/aromatic N) is 2. The van der Waals surface area contributed by atoms with E-state index in [2.05, 4.69) is 5.32 Å². The number of rotatable bonds is 13. The summed E-state index contributed by atoms with van der Waals surface area (Å²) in [6.45, 7) is 6.29. The SMILES string of the molecule is CCCCNC(=O)[C@@H](CC)N(Cc1ccccc1)C(=O)CN(c1ccc(CC)cc1)S(C)(=O)=O. The number of hydrogen-bond acceptors (Lipinski definition) is 4. The van der Waals surface area contributed by atoms with Crippen LogP contribution in [0.15, 0.2) is 54.6 Å². The maximum Gasteiger partial charge on any atom is 0.244 e. The number of unbranched alkanes of at least 4 members (excludes halogenated alkanes) is 1. The van der Waals surface area contributed by atoms with Crippen molar-refractivity contribution in [2.75, 3.05) is 23.7 Å². The van der Waals surface area contributed by atoms with Crippen molar-refractivity contribution < 1.29 is 18.0 Å². The summed E-state index contributed by atoms with van der Waals surface area (Å²) in [5.41, 5.74) is 2.37. The summed E-state index contributed by atoms with van der Waals surface area (Å²) >= 11 is 0. The van der Waals surface area contributed by atoms with Gasteiger partial charge in [0.25, 0.3) is 0 Å². The molecule has 0 saturated heterocycles. The minimum atomic E-state index is -3.72. The topological polar surface area (TPSA) is 86.8 Å². The average molecular weight is 488 g/mol. The van der Waals surface area contributed by atoms with E-state index in [0.29, 0.717) is 18.7 Å². The zero-order valence-corrected chi connectivity index (χ0v) is 21.5. The van der Waals surface area contributed by atoms with Crippen LogP contribution in [0.25, 0.3) is 0 Å². The molecule has 34 heavy (non-hydrogen) atoms. The number of carbonyl (C=O) groups excluding carboxylic acids is 2. The van der Waals surface area contributed by atoms with Crippen LogP contribution in [0.3, 0.4) is 0 Å². The summed E-state index contributed by atoms with van der Waals surface area (Å²) in [4.78, 5) is 28.0. The van der Waals surface area contributed by atoms with Gasteiger partial charge in [-0.15, -0.1) is 0 Å². The van der Waals surface area contributed by atoms with E-state index in [4.69, 9.17) is 0 Å². The van der Waals surface area contributed by atoms with Crippen LogP contribution in [-0.4, -0.2) is 50.5 Å². The zero-order chi connectivity index (χ0) is 25.1. The molecule has 1 atom stereocenters. The highest BCUT2D eigenvalue weighted by molar-refractivity contribution is 7.92. The maximum atomic E-state index is 13.6. The smallest absolute Gasteiger partial charge is 0.244 e. The van der Waals surface area contributed by atoms with Crippen molar-refractivity contribution in [1.82, 2.24) is 10.2 Å². The number of carbonyl (C=O) groups is 2. The third-order valence-electron chi connectivity index (χ3n) is 5.72. The van der Waals surface area contributed by atoms with E-state index in [0.717, 1.165) is 41.0 Å². The lowest BCUT2D eigenvalue weighted by Crippen LogP contribution is -2.52. The molecule has 0 aliphatic heterocycles. The van der Waals surface area contributed by atoms with Gasteiger partial charge in [0, 0.05) is 13.1 Å². The Bertz CT molecular complexity index is 1020. The molecular formula is C26H37N3O4S. The summed E-state index contributed by atoms with van der Waals surface area (Å²) in [5.74, 6) is -0.648. The molecule has 0 heterocycles. The van der Waals surface area contributed by atoms with Gasteiger partial charge in [0.15, 0.2) is 0 Å². The number of aryl methyl sites for hydroxylation is 1. The van der Waals surface area contributed by atoms with Gasteiger partial charge in [0.05, 0.1) is 11.9 Å². The third-order valence-corrected chi connectivity index (χ3v) is 6.86. The lowest BCUT2D eigenvalue weighted by molar-refractivity contribution is -0.140. The number of benzene rings is 2. The second-order valence-electron chi connectivity index (χ2n) is 8.37. The van der Waals surface area contributed by atoms with Crippen LogP contribution in [-0.2, 0) is 32.6 Å². The molecule has 1 N–H and O–H groups in total. The van der Waals surface area contributed by atoms with Crippen molar-refractivity contribution in [3.63, 3.8) is 0 Å². The van der Waals surface area contributed by atoms with Crippen LogP contribution in [0.2, 0.25) is 0 Å². The number of nitrogens with one attached hydrogen (secondary N) is 1. The number of hydrogen-bond donors (Lipinski definition) is 1. The highest BCUT2D eigenvalue weighted by atomic mass is 32.2. The molecule has 8 heteroatoms. The lowest BCUT2D eigenvalue weighted by atomic mass is 10.1. The summed E-state index contributed by atoms with van der Waals surface area (Å²) in [5, 5.41) is 2.92. The molecule has 186 valence electrons. The van der Waals surface area contributed by atoms with Gasteiger partial charge in [0.2, 0.25) is 21.8 Å². The van der Waals surface area contributed by atoms with E-state index in [9.17, 15) is 18.0 Å². The average Bonchev–Trinajstić information content (AvgIpc) is 2.82. The molecule has 0 aliphatic carbocycles. The predicted molar refractivity (Wildman–Crippen MR) is 137 cm³/mol. The minimum Gasteiger partial charge on any atom is -0.354 e. The fraction of sp³-hybridized carbons (Fsp3) is 0.462. The minimum absolute atomic E-state index is 0.214. The van der Waals surface area contributed by atoms with Crippen LogP contribution < -0.4 is 9.62 Å². The van der Waals surface area contributed by atoms with E-state index in [1.807, 2.05) is 63.2 Å². The molecule has 0 bridgehead atoms. The zero-order valence-electron chi connectivity index (χ0n) is 20.7. The largest absolute Gasteiger partial charge is 0.354 e. The molecule has 0 spiro atoms. The van der Waals surface area contributed by atoms with Crippen molar-refractivity contribution in [3.05, 3.63) is 65.7 Å². The Hall–Kier alpha value is -2.87. The van der Waals surface area contributed by atoms with Gasteiger partial charge in [0.1, 0.15) is 12.6 Å². The second-order valence-corrected chi connectivity index (χ2v) is 10.3. The molecule has 2 rings (SSSR count). The van der Waals surface area contributed by atoms with Crippen molar-refractivity contribution in [3.8, 4) is 0 Å². The first-order chi connectivity index (χ1) is 16.2. The molecule has 2 aromatic rings. The molecule has 0 aliphatic rings. The molecule has 7 nitrogen and oxygen atoms in total. The summed E-state index contributed by atoms with van der Waals surface area (Å²) in [6.07, 6.45) is 4.13. The Morgan fingerprint density at radius 2 is 1.59 bits per heavy atom. The van der Waals surface area contributed by atoms with Crippen molar-refractivity contribution in [2.45, 2.75) is 59.0 Å². The van der Waals surface area contributed by atoms with Gasteiger partial charge in [-0.3, -0.25) is 13.9 Å². The van der Waals surface area contributed by atoms with E-state index >= 15 is 0 Å². The Morgan fingerprint density at radius 1 is 0.941 bits per heavy atom. The van der Waals surface area contributed by atoms with E-state index in [-0.39, 0.29) is 19.0 Å². The first kappa shape index (κ1) is 27.4. The Kier molecular flexibility index (Phi) is 10.6. The van der Waals surface area contributed by atoms with Crippen LogP contribution in [0.4, 0.5) is 5.69 Å². The highest BCUT2D eigenvalue weighted by Crippen LogP contribution is 2.20. The lowest BCUT2D eigenvalue weighted by Gasteiger charge is -2.33. The first-order valence-electron chi connectivity index (χ1n) is 11.9. The standard InChI is InChI=1S/C26H37N3O4S/c1-5-8-18-27-26(31)24(7-3)28(19-22-12-10-9-11-13-22)25(30)20-29(34(4,32)33)23-16-14-21(6-2)15-17-23/h9-17,24H,5-8,18-20H2,1-4H3,(H,27,31)/t24-/m1/s1. The number of sulfonamides is 1. The predicted octanol–water partition coefficient (Wildman–Crippen LogP) is 3.74. The van der Waals surface area contributed by atoms with Gasteiger partial charge in [-0.05, 0) is 42.5 Å². The van der Waals surface area contributed by atoms with E-state index in [1.165, 1.54) is 4.90 Å². The van der Waals surface area contributed by atoms with Crippen molar-refractivity contribution >= 4 is 27.5 Å². The summed E-state index contributed by atoms with van der Waals surface area (Å²) < 4.78 is 26.4. The number of amides is 2. The van der Waals surface area contributed by atoms with Gasteiger partial charge in [-0.1, -0.05) is 69.7 Å². The Labute approximate surface area is 204 Å². The third kappa shape index (κ3) is 7.87. The van der Waals surface area contributed by atoms with Gasteiger partial charge in [-0.2, -0.15) is 0 Å². The molecule has 2 aromatic carbocycles. The fourth-order valence-corrected chi connectivity index (χ4v) is 4.57. The Morgan fingerprint density at radius 3 is 2.12 bits per heavy atom. The number of anilines is 1. The molecular weight excluding hydrogens is 450 g/mol. The van der Waals surface area contributed by atoms with Gasteiger partial charge in [-0.25, -0.2) is 8.42 Å². The molecule has 2 amide bonds. The molecule has 0 unspecified atom stereocenters. The molecule has 0 fully saturated rings. The van der Waals surface area contributed by atoms with E-state index in [1.54, 1.807) is 12.1 Å². The first-order valence-corrected chi connectivity index (χ1v) is 13.7. The quantitative estimate of drug-likeness (QED) is 0.436. The second kappa shape index (κ2) is 13.1. The van der Waals surface area contributed by atoms with Crippen LogP contribution in [0.5, 0.6) is 0 Å². The summed E-state index contributed by atoms with van der Waals surface area (Å²) in [7, 11) is -3.72. The highest BCUT2D eigenvalue weighted by Gasteiger charge is 2.31. The monoisotopic (exact) mass is 487 g/mol. The van der Waals surface area contributed by atoms with Crippen LogP contribution >= 0.6 is 0 Å². The summed E-state index contributed by atoms with van der Waals surface area (Å²) in [6, 6.07) is 15.8. The van der Waals surface area contributed by atoms with Gasteiger partial charge < -0.3 is 10.2 Å². The van der Waals surface area contributed by atoms with Crippen molar-refractivity contribution in [2.24, 2.45) is 0 Å². The Balaban J connectivity index is 2.36. The van der Waals surface area contributed by atoms with Gasteiger partial charge >= 0.3 is 0 Å². The van der Waals surface area contributed by atoms with E-state index < -0.39 is 22.0 Å². The molecule has 0 radical (unpaired) electrons. The normalized spacial score (nSPS) is 12.1. The van der Waals surface area contributed by atoms with Crippen LogP contribution in [0.1, 0.15) is 51.2 Å². The fourth-order valence-electron chi connectivity index (χ4n) is 3.72. The van der Waals surface area contributed by atoms with Crippen LogP contribution in [0, 0.1) is 0 Å². The molecule has 0 aromatic heterocycles. The van der Waals surface area contributed by atoms with Crippen molar-refractivity contribution in [1.29, 1.82) is 0 Å². The maximum absolute atomic E-state index is 13.6.